The fourth-order valence-electron chi connectivity index (χ4n) is 2.82. The van der Waals surface area contributed by atoms with Crippen LogP contribution in [-0.2, 0) is 0 Å². The summed E-state index contributed by atoms with van der Waals surface area (Å²) in [4.78, 5) is 21.1. The number of halogens is 2. The number of anilines is 1. The first-order valence-electron chi connectivity index (χ1n) is 9.82. The highest BCUT2D eigenvalue weighted by atomic mass is 19.3. The lowest BCUT2D eigenvalue weighted by molar-refractivity contribution is -0.156. The molecule has 0 aromatic carbocycles. The molecule has 0 saturated heterocycles. The third-order valence-electron chi connectivity index (χ3n) is 4.70. The zero-order chi connectivity index (χ0) is 23.7. The zero-order valence-corrected chi connectivity index (χ0v) is 18.0. The molecule has 3 N–H and O–H groups in total. The molecule has 0 atom stereocenters. The Morgan fingerprint density at radius 3 is 2.59 bits per heavy atom. The Labute approximate surface area is 183 Å². The predicted octanol–water partition coefficient (Wildman–Crippen LogP) is 2.64. The number of alkyl halides is 2. The Hall–Kier alpha value is -3.65. The molecule has 0 aliphatic carbocycles. The van der Waals surface area contributed by atoms with Crippen LogP contribution in [0.25, 0.3) is 16.9 Å². The van der Waals surface area contributed by atoms with Crippen molar-refractivity contribution in [2.45, 2.75) is 45.3 Å². The maximum Gasteiger partial charge on any atom is 0.292 e. The van der Waals surface area contributed by atoms with Crippen LogP contribution in [0.15, 0.2) is 30.7 Å². The number of carbonyl (C=O) groups excluding carboxylic acids is 1. The Morgan fingerprint density at radius 1 is 1.25 bits per heavy atom. The molecule has 0 radical (unpaired) electrons. The third-order valence-corrected chi connectivity index (χ3v) is 4.70. The predicted molar refractivity (Wildman–Crippen MR) is 114 cm³/mol. The summed E-state index contributed by atoms with van der Waals surface area (Å²) < 4.78 is 29.5. The van der Waals surface area contributed by atoms with E-state index in [9.17, 15) is 18.7 Å². The number of carbonyl (C=O) groups is 1. The van der Waals surface area contributed by atoms with Gasteiger partial charge in [0.2, 0.25) is 0 Å². The van der Waals surface area contributed by atoms with E-state index in [4.69, 9.17) is 5.26 Å². The molecule has 0 spiro atoms. The molecule has 32 heavy (non-hydrogen) atoms. The highest BCUT2D eigenvalue weighted by molar-refractivity contribution is 5.99. The largest absolute Gasteiger partial charge is 0.384 e. The number of hydrogen-bond donors (Lipinski definition) is 3. The molecule has 3 aromatic heterocycles. The molecule has 0 saturated carbocycles. The van der Waals surface area contributed by atoms with E-state index in [0.29, 0.717) is 28.1 Å². The van der Waals surface area contributed by atoms with Gasteiger partial charge in [0, 0.05) is 29.9 Å². The van der Waals surface area contributed by atoms with Crippen molar-refractivity contribution >= 4 is 22.6 Å². The van der Waals surface area contributed by atoms with Gasteiger partial charge < -0.3 is 15.7 Å². The summed E-state index contributed by atoms with van der Waals surface area (Å²) in [5.74, 6) is -3.94. The lowest BCUT2D eigenvalue weighted by Gasteiger charge is -2.29. The van der Waals surface area contributed by atoms with Crippen LogP contribution in [0.2, 0.25) is 0 Å². The van der Waals surface area contributed by atoms with Crippen LogP contribution in [0.3, 0.4) is 0 Å². The minimum Gasteiger partial charge on any atom is -0.384 e. The van der Waals surface area contributed by atoms with Crippen molar-refractivity contribution < 1.29 is 18.7 Å². The van der Waals surface area contributed by atoms with Gasteiger partial charge in [-0.05, 0) is 33.8 Å². The number of aromatic nitrogens is 4. The van der Waals surface area contributed by atoms with Crippen LogP contribution in [0.5, 0.6) is 0 Å². The van der Waals surface area contributed by atoms with Gasteiger partial charge in [-0.25, -0.2) is 18.7 Å². The van der Waals surface area contributed by atoms with Gasteiger partial charge in [-0.2, -0.15) is 15.0 Å². The van der Waals surface area contributed by atoms with Crippen LogP contribution in [0, 0.1) is 11.3 Å². The van der Waals surface area contributed by atoms with Gasteiger partial charge in [0.05, 0.1) is 29.6 Å². The number of rotatable bonds is 7. The summed E-state index contributed by atoms with van der Waals surface area (Å²) in [7, 11) is 0. The molecule has 168 valence electrons. The van der Waals surface area contributed by atoms with Crippen LogP contribution >= 0.6 is 0 Å². The summed E-state index contributed by atoms with van der Waals surface area (Å²) >= 11 is 0. The molecule has 3 aromatic rings. The van der Waals surface area contributed by atoms with Gasteiger partial charge in [0.25, 0.3) is 11.8 Å². The smallest absolute Gasteiger partial charge is 0.292 e. The van der Waals surface area contributed by atoms with Gasteiger partial charge in [-0.1, -0.05) is 0 Å². The SMILES string of the molecule is CC(C)Nc1cc(-n2ncc3cc(C#N)cnc32)ncc1C(=O)NCC(F)(F)C(C)(C)O. The molecular weight excluding hydrogens is 420 g/mol. The van der Waals surface area contributed by atoms with E-state index in [1.54, 1.807) is 18.3 Å². The van der Waals surface area contributed by atoms with Gasteiger partial charge in [0.1, 0.15) is 11.7 Å². The number of pyridine rings is 2. The fraction of sp³-hybridized carbons (Fsp3) is 0.381. The Kier molecular flexibility index (Phi) is 6.09. The Balaban J connectivity index is 1.95. The minimum atomic E-state index is -3.52. The minimum absolute atomic E-state index is 0.0604. The monoisotopic (exact) mass is 443 g/mol. The van der Waals surface area contributed by atoms with E-state index >= 15 is 0 Å². The van der Waals surface area contributed by atoms with E-state index in [0.717, 1.165) is 13.8 Å². The second-order valence-electron chi connectivity index (χ2n) is 8.14. The normalized spacial score (nSPS) is 12.1. The van der Waals surface area contributed by atoms with Gasteiger partial charge in [-0.3, -0.25) is 4.79 Å². The van der Waals surface area contributed by atoms with Gasteiger partial charge in [-0.15, -0.1) is 0 Å². The molecule has 0 aliphatic heterocycles. The molecule has 9 nitrogen and oxygen atoms in total. The average Bonchev–Trinajstić information content (AvgIpc) is 3.13. The molecule has 3 heterocycles. The Morgan fingerprint density at radius 2 is 1.97 bits per heavy atom. The summed E-state index contributed by atoms with van der Waals surface area (Å²) in [6, 6.07) is 5.15. The highest BCUT2D eigenvalue weighted by Gasteiger charge is 2.45. The second-order valence-corrected chi connectivity index (χ2v) is 8.14. The highest BCUT2D eigenvalue weighted by Crippen LogP contribution is 2.28. The fourth-order valence-corrected chi connectivity index (χ4v) is 2.82. The van der Waals surface area contributed by atoms with E-state index in [1.807, 2.05) is 19.9 Å². The summed E-state index contributed by atoms with van der Waals surface area (Å²) in [6.07, 6.45) is 4.22. The number of nitrogens with one attached hydrogen (secondary N) is 2. The first-order valence-corrected chi connectivity index (χ1v) is 9.82. The van der Waals surface area contributed by atoms with Crippen LogP contribution < -0.4 is 10.6 Å². The van der Waals surface area contributed by atoms with Crippen LogP contribution in [-0.4, -0.2) is 54.9 Å². The molecule has 0 bridgehead atoms. The van der Waals surface area contributed by atoms with Crippen molar-refractivity contribution in [2.24, 2.45) is 0 Å². The topological polar surface area (TPSA) is 129 Å². The quantitative estimate of drug-likeness (QED) is 0.512. The van der Waals surface area contributed by atoms with Gasteiger partial charge >= 0.3 is 0 Å². The second kappa shape index (κ2) is 8.47. The first kappa shape index (κ1) is 23.0. The zero-order valence-electron chi connectivity index (χ0n) is 18.0. The van der Waals surface area contributed by atoms with Crippen molar-refractivity contribution in [1.29, 1.82) is 5.26 Å². The standard InChI is InChI=1S/C21H23F2N7O2/c1-12(2)29-16-6-17(30-18-14(9-28-30)5-13(7-24)8-26-18)25-10-15(16)19(31)27-11-21(22,23)20(3,4)32/h5-6,8-10,12,32H,11H2,1-4H3,(H,25,29)(H,27,31). The molecule has 11 heteroatoms. The number of amides is 1. The van der Waals surface area contributed by atoms with Crippen molar-refractivity contribution in [2.75, 3.05) is 11.9 Å². The van der Waals surface area contributed by atoms with E-state index < -0.39 is 24.0 Å². The number of fused-ring (bicyclic) bond motifs is 1. The van der Waals surface area contributed by atoms with Crippen molar-refractivity contribution in [3.05, 3.63) is 41.9 Å². The van der Waals surface area contributed by atoms with E-state index in [1.165, 1.54) is 17.1 Å². The molecule has 0 fully saturated rings. The summed E-state index contributed by atoms with van der Waals surface area (Å²) in [6.45, 7) is 4.64. The van der Waals surface area contributed by atoms with Crippen LogP contribution in [0.1, 0.15) is 43.6 Å². The van der Waals surface area contributed by atoms with Crippen LogP contribution in [0.4, 0.5) is 14.5 Å². The lowest BCUT2D eigenvalue weighted by atomic mass is 10.0. The van der Waals surface area contributed by atoms with E-state index in [-0.39, 0.29) is 11.6 Å². The third kappa shape index (κ3) is 4.65. The average molecular weight is 443 g/mol. The molecule has 0 aliphatic rings. The first-order chi connectivity index (χ1) is 14.9. The molecule has 1 amide bonds. The molecule has 3 rings (SSSR count). The Bertz CT molecular complexity index is 1190. The van der Waals surface area contributed by atoms with Crippen molar-refractivity contribution in [3.63, 3.8) is 0 Å². The summed E-state index contributed by atoms with van der Waals surface area (Å²) in [5.41, 5.74) is -1.01. The van der Waals surface area contributed by atoms with Crippen molar-refractivity contribution in [1.82, 2.24) is 25.1 Å². The maximum atomic E-state index is 14.0. The molecular formula is C21H23F2N7O2. The van der Waals surface area contributed by atoms with Crippen molar-refractivity contribution in [3.8, 4) is 11.9 Å². The summed E-state index contributed by atoms with van der Waals surface area (Å²) in [5, 5.41) is 28.8. The number of nitriles is 1. The number of hydrogen-bond acceptors (Lipinski definition) is 7. The lowest BCUT2D eigenvalue weighted by Crippen LogP contribution is -2.50. The number of nitrogens with zero attached hydrogens (tertiary/aromatic N) is 5. The number of aliphatic hydroxyl groups is 1. The molecule has 0 unspecified atom stereocenters. The maximum absolute atomic E-state index is 14.0. The van der Waals surface area contributed by atoms with Gasteiger partial charge in [0.15, 0.2) is 11.5 Å². The van der Waals surface area contributed by atoms with E-state index in [2.05, 4.69) is 25.7 Å².